The highest BCUT2D eigenvalue weighted by Gasteiger charge is 2.31. The van der Waals surface area contributed by atoms with E-state index in [1.807, 2.05) is 0 Å². The molecule has 0 aliphatic heterocycles. The molecule has 0 amide bonds. The molecule has 0 aromatic heterocycles. The van der Waals surface area contributed by atoms with E-state index < -0.39 is 17.0 Å². The molecule has 0 saturated heterocycles. The first-order valence-electron chi connectivity index (χ1n) is 5.36. The minimum Gasteiger partial charge on any atom is -0.276 e. The zero-order chi connectivity index (χ0) is 14.0. The molecule has 98 valence electrons. The van der Waals surface area contributed by atoms with Crippen molar-refractivity contribution in [2.24, 2.45) is 0 Å². The summed E-state index contributed by atoms with van der Waals surface area (Å²) < 4.78 is 38.1. The lowest BCUT2D eigenvalue weighted by Gasteiger charge is -2.11. The molecule has 2 aromatic carbocycles. The van der Waals surface area contributed by atoms with Gasteiger partial charge in [0.1, 0.15) is 0 Å². The first-order valence-corrected chi connectivity index (χ1v) is 5.74. The lowest BCUT2D eigenvalue weighted by molar-refractivity contribution is -0.137. The van der Waals surface area contributed by atoms with E-state index >= 15 is 0 Å². The van der Waals surface area contributed by atoms with Crippen LogP contribution in [0, 0.1) is 0 Å². The van der Waals surface area contributed by atoms with E-state index in [1.54, 1.807) is 30.3 Å². The van der Waals surface area contributed by atoms with Crippen LogP contribution >= 0.6 is 11.6 Å². The molecular formula is C14H8ClF3O. The van der Waals surface area contributed by atoms with Gasteiger partial charge in [-0.2, -0.15) is 13.2 Å². The number of alkyl halides is 3. The molecule has 0 unspecified atom stereocenters. The average Bonchev–Trinajstić information content (AvgIpc) is 2.38. The summed E-state index contributed by atoms with van der Waals surface area (Å²) in [7, 11) is 0. The zero-order valence-electron chi connectivity index (χ0n) is 9.54. The van der Waals surface area contributed by atoms with E-state index in [4.69, 9.17) is 11.6 Å². The highest BCUT2D eigenvalue weighted by molar-refractivity contribution is 6.68. The number of halogens is 4. The number of carbonyl (C=O) groups is 1. The summed E-state index contributed by atoms with van der Waals surface area (Å²) in [5.74, 6) is 0. The van der Waals surface area contributed by atoms with Gasteiger partial charge in [-0.3, -0.25) is 4.79 Å². The average molecular weight is 285 g/mol. The number of benzene rings is 2. The van der Waals surface area contributed by atoms with Gasteiger partial charge in [0.05, 0.1) is 5.56 Å². The smallest absolute Gasteiger partial charge is 0.276 e. The van der Waals surface area contributed by atoms with E-state index in [0.717, 1.165) is 18.2 Å². The van der Waals surface area contributed by atoms with E-state index in [9.17, 15) is 18.0 Å². The molecule has 1 nitrogen and oxygen atoms in total. The molecule has 0 fully saturated rings. The Kier molecular flexibility index (Phi) is 3.62. The number of rotatable bonds is 2. The first-order chi connectivity index (χ1) is 8.89. The SMILES string of the molecule is O=C(Cl)c1ccc(C(F)(F)F)cc1-c1ccccc1. The first kappa shape index (κ1) is 13.6. The van der Waals surface area contributed by atoms with Gasteiger partial charge in [0, 0.05) is 5.56 Å². The Hall–Kier alpha value is -1.81. The topological polar surface area (TPSA) is 17.1 Å². The van der Waals surface area contributed by atoms with Crippen LogP contribution in [0.3, 0.4) is 0 Å². The van der Waals surface area contributed by atoms with Gasteiger partial charge in [0.25, 0.3) is 5.24 Å². The van der Waals surface area contributed by atoms with Crippen molar-refractivity contribution in [3.63, 3.8) is 0 Å². The van der Waals surface area contributed by atoms with Crippen molar-refractivity contribution in [1.29, 1.82) is 0 Å². The Balaban J connectivity index is 2.65. The summed E-state index contributed by atoms with van der Waals surface area (Å²) >= 11 is 5.40. The van der Waals surface area contributed by atoms with Gasteiger partial charge >= 0.3 is 6.18 Å². The lowest BCUT2D eigenvalue weighted by Crippen LogP contribution is -2.06. The van der Waals surface area contributed by atoms with Gasteiger partial charge in [-0.25, -0.2) is 0 Å². The largest absolute Gasteiger partial charge is 0.416 e. The third-order valence-corrected chi connectivity index (χ3v) is 2.85. The fourth-order valence-corrected chi connectivity index (χ4v) is 1.91. The van der Waals surface area contributed by atoms with Crippen molar-refractivity contribution in [1.82, 2.24) is 0 Å². The molecular weight excluding hydrogens is 277 g/mol. The van der Waals surface area contributed by atoms with Crippen LogP contribution in [-0.4, -0.2) is 5.24 Å². The molecule has 0 saturated carbocycles. The fourth-order valence-electron chi connectivity index (χ4n) is 1.75. The molecule has 2 rings (SSSR count). The predicted molar refractivity (Wildman–Crippen MR) is 67.1 cm³/mol. The molecule has 5 heteroatoms. The van der Waals surface area contributed by atoms with Crippen molar-refractivity contribution in [3.8, 4) is 11.1 Å². The van der Waals surface area contributed by atoms with Gasteiger partial charge < -0.3 is 0 Å². The van der Waals surface area contributed by atoms with Crippen LogP contribution in [0.25, 0.3) is 11.1 Å². The minimum absolute atomic E-state index is 0.0564. The Labute approximate surface area is 112 Å². The molecule has 0 bridgehead atoms. The second kappa shape index (κ2) is 5.05. The summed E-state index contributed by atoms with van der Waals surface area (Å²) in [6.45, 7) is 0. The van der Waals surface area contributed by atoms with E-state index in [2.05, 4.69) is 0 Å². The summed E-state index contributed by atoms with van der Waals surface area (Å²) in [6.07, 6.45) is -4.46. The summed E-state index contributed by atoms with van der Waals surface area (Å²) in [6, 6.07) is 11.2. The molecule has 0 heterocycles. The van der Waals surface area contributed by atoms with Gasteiger partial charge in [-0.05, 0) is 40.9 Å². The van der Waals surface area contributed by atoms with Crippen molar-refractivity contribution < 1.29 is 18.0 Å². The number of hydrogen-bond acceptors (Lipinski definition) is 1. The van der Waals surface area contributed by atoms with E-state index in [-0.39, 0.29) is 11.1 Å². The van der Waals surface area contributed by atoms with Crippen LogP contribution in [0.1, 0.15) is 15.9 Å². The van der Waals surface area contributed by atoms with Crippen LogP contribution in [0.2, 0.25) is 0 Å². The maximum Gasteiger partial charge on any atom is 0.416 e. The Morgan fingerprint density at radius 2 is 1.63 bits per heavy atom. The van der Waals surface area contributed by atoms with Gasteiger partial charge in [0.2, 0.25) is 0 Å². The van der Waals surface area contributed by atoms with Crippen LogP contribution < -0.4 is 0 Å². The second-order valence-corrected chi connectivity index (χ2v) is 4.24. The summed E-state index contributed by atoms with van der Waals surface area (Å²) in [4.78, 5) is 11.3. The molecule has 0 aliphatic rings. The summed E-state index contributed by atoms with van der Waals surface area (Å²) in [5, 5.41) is -0.785. The quantitative estimate of drug-likeness (QED) is 0.727. The van der Waals surface area contributed by atoms with Crippen LogP contribution in [0.5, 0.6) is 0 Å². The van der Waals surface area contributed by atoms with Gasteiger partial charge in [-0.15, -0.1) is 0 Å². The fraction of sp³-hybridized carbons (Fsp3) is 0.0714. The monoisotopic (exact) mass is 284 g/mol. The van der Waals surface area contributed by atoms with Crippen molar-refractivity contribution in [3.05, 3.63) is 59.7 Å². The maximum atomic E-state index is 12.7. The molecule has 0 atom stereocenters. The zero-order valence-corrected chi connectivity index (χ0v) is 10.3. The summed E-state index contributed by atoms with van der Waals surface area (Å²) in [5.41, 5.74) is -0.0677. The molecule has 19 heavy (non-hydrogen) atoms. The normalized spacial score (nSPS) is 11.4. The number of carbonyl (C=O) groups excluding carboxylic acids is 1. The highest BCUT2D eigenvalue weighted by Crippen LogP contribution is 2.34. The third kappa shape index (κ3) is 2.96. The van der Waals surface area contributed by atoms with E-state index in [0.29, 0.717) is 5.56 Å². The minimum atomic E-state index is -4.46. The molecule has 0 aliphatic carbocycles. The van der Waals surface area contributed by atoms with Crippen LogP contribution in [-0.2, 0) is 6.18 Å². The van der Waals surface area contributed by atoms with E-state index in [1.165, 1.54) is 0 Å². The Morgan fingerprint density at radius 1 is 1.00 bits per heavy atom. The molecule has 2 aromatic rings. The van der Waals surface area contributed by atoms with Crippen molar-refractivity contribution in [2.75, 3.05) is 0 Å². The third-order valence-electron chi connectivity index (χ3n) is 2.64. The maximum absolute atomic E-state index is 12.7. The predicted octanol–water partition coefficient (Wildman–Crippen LogP) is 4.75. The second-order valence-electron chi connectivity index (χ2n) is 3.90. The highest BCUT2D eigenvalue weighted by atomic mass is 35.5. The Bertz CT molecular complexity index is 606. The van der Waals surface area contributed by atoms with Gasteiger partial charge in [0.15, 0.2) is 0 Å². The van der Waals surface area contributed by atoms with Crippen molar-refractivity contribution in [2.45, 2.75) is 6.18 Å². The van der Waals surface area contributed by atoms with Crippen LogP contribution in [0.4, 0.5) is 13.2 Å². The van der Waals surface area contributed by atoms with Gasteiger partial charge in [-0.1, -0.05) is 30.3 Å². The standard InChI is InChI=1S/C14H8ClF3O/c15-13(19)11-7-6-10(14(16,17)18)8-12(11)9-4-2-1-3-5-9/h1-8H. The van der Waals surface area contributed by atoms with Crippen molar-refractivity contribution >= 4 is 16.8 Å². The lowest BCUT2D eigenvalue weighted by atomic mass is 9.97. The number of hydrogen-bond donors (Lipinski definition) is 0. The Morgan fingerprint density at radius 3 is 2.16 bits per heavy atom. The molecule has 0 radical (unpaired) electrons. The molecule has 0 N–H and O–H groups in total. The van der Waals surface area contributed by atoms with Crippen LogP contribution in [0.15, 0.2) is 48.5 Å². The molecule has 0 spiro atoms.